The molecule has 212 valence electrons. The summed E-state index contributed by atoms with van der Waals surface area (Å²) in [7, 11) is 0. The summed E-state index contributed by atoms with van der Waals surface area (Å²) in [6.07, 6.45) is 1.16. The zero-order chi connectivity index (χ0) is 28.5. The first-order valence-corrected chi connectivity index (χ1v) is 14.3. The first kappa shape index (κ1) is 27.4. The number of hydrogen-bond donors (Lipinski definition) is 3. The predicted molar refractivity (Wildman–Crippen MR) is 157 cm³/mol. The monoisotopic (exact) mass is 593 g/mol. The number of hydrogen-bond acceptors (Lipinski definition) is 5. The van der Waals surface area contributed by atoms with Gasteiger partial charge in [0.1, 0.15) is 30.3 Å². The van der Waals surface area contributed by atoms with Crippen molar-refractivity contribution < 1.29 is 24.2 Å². The molecule has 1 aliphatic carbocycles. The van der Waals surface area contributed by atoms with Crippen LogP contribution in [0.1, 0.15) is 35.7 Å². The number of nitrogens with zero attached hydrogens (tertiary/aromatic N) is 1. The highest BCUT2D eigenvalue weighted by molar-refractivity contribution is 6.31. The molecule has 2 heterocycles. The molecular formula is C31H29Cl2N3O5. The van der Waals surface area contributed by atoms with Crippen molar-refractivity contribution in [3.8, 4) is 11.5 Å². The van der Waals surface area contributed by atoms with Gasteiger partial charge in [0.05, 0.1) is 0 Å². The number of ether oxygens (including phenoxy) is 2. The van der Waals surface area contributed by atoms with E-state index >= 15 is 0 Å². The minimum Gasteiger partial charge on any atom is -0.491 e. The molecule has 3 N–H and O–H groups in total. The van der Waals surface area contributed by atoms with Gasteiger partial charge in [0.2, 0.25) is 5.91 Å². The molecule has 4 aromatic rings. The molecule has 0 saturated heterocycles. The Bertz CT molecular complexity index is 1570. The highest BCUT2D eigenvalue weighted by atomic mass is 35.5. The highest BCUT2D eigenvalue weighted by Crippen LogP contribution is 2.40. The summed E-state index contributed by atoms with van der Waals surface area (Å²) in [5.41, 5.74) is 3.82. The third kappa shape index (κ3) is 6.15. The van der Waals surface area contributed by atoms with Crippen LogP contribution >= 0.6 is 23.2 Å². The summed E-state index contributed by atoms with van der Waals surface area (Å²) in [5, 5.41) is 15.2. The summed E-state index contributed by atoms with van der Waals surface area (Å²) in [5.74, 6) is 1.05. The molecule has 1 fully saturated rings. The lowest BCUT2D eigenvalue weighted by atomic mass is 9.92. The summed E-state index contributed by atoms with van der Waals surface area (Å²) < 4.78 is 11.5. The summed E-state index contributed by atoms with van der Waals surface area (Å²) in [4.78, 5) is 30.5. The van der Waals surface area contributed by atoms with Gasteiger partial charge in [0.15, 0.2) is 0 Å². The maximum atomic E-state index is 13.5. The SMILES string of the molecule is O=C(NCC(O)COc1ccc(C2c3[nH]c4ccc(Cl)cc4c3CCN2C(=O)Oc2ccc(Cl)cc2)cc1)C1CC1. The van der Waals surface area contributed by atoms with E-state index in [1.165, 1.54) is 0 Å². The van der Waals surface area contributed by atoms with Crippen LogP contribution in [0.15, 0.2) is 66.7 Å². The first-order chi connectivity index (χ1) is 19.9. The number of carbonyl (C=O) groups excluding carboxylic acids is 2. The first-order valence-electron chi connectivity index (χ1n) is 13.6. The van der Waals surface area contributed by atoms with E-state index < -0.39 is 18.2 Å². The summed E-state index contributed by atoms with van der Waals surface area (Å²) in [6, 6.07) is 19.4. The van der Waals surface area contributed by atoms with Crippen LogP contribution in [0.2, 0.25) is 10.0 Å². The van der Waals surface area contributed by atoms with Crippen molar-refractivity contribution in [3.63, 3.8) is 0 Å². The van der Waals surface area contributed by atoms with E-state index in [1.807, 2.05) is 30.3 Å². The third-order valence-corrected chi connectivity index (χ3v) is 7.93. The molecule has 6 rings (SSSR count). The molecule has 0 bridgehead atoms. The van der Waals surface area contributed by atoms with Crippen molar-refractivity contribution in [2.45, 2.75) is 31.4 Å². The number of aliphatic hydroxyl groups is 1. The molecule has 8 nitrogen and oxygen atoms in total. The Hall–Kier alpha value is -3.72. The zero-order valence-corrected chi connectivity index (χ0v) is 23.6. The molecule has 1 aromatic heterocycles. The lowest BCUT2D eigenvalue weighted by Gasteiger charge is -2.35. The molecule has 3 aromatic carbocycles. The fourth-order valence-electron chi connectivity index (χ4n) is 5.17. The third-order valence-electron chi connectivity index (χ3n) is 7.44. The van der Waals surface area contributed by atoms with Gasteiger partial charge < -0.3 is 24.9 Å². The van der Waals surface area contributed by atoms with Crippen LogP contribution < -0.4 is 14.8 Å². The predicted octanol–water partition coefficient (Wildman–Crippen LogP) is 5.89. The van der Waals surface area contributed by atoms with E-state index in [4.69, 9.17) is 32.7 Å². The number of aromatic amines is 1. The number of rotatable bonds is 8. The Morgan fingerprint density at radius 3 is 2.44 bits per heavy atom. The van der Waals surface area contributed by atoms with Gasteiger partial charge in [-0.1, -0.05) is 35.3 Å². The van der Waals surface area contributed by atoms with Crippen LogP contribution in [0.4, 0.5) is 4.79 Å². The Balaban J connectivity index is 1.22. The quantitative estimate of drug-likeness (QED) is 0.236. The summed E-state index contributed by atoms with van der Waals surface area (Å²) >= 11 is 12.3. The smallest absolute Gasteiger partial charge is 0.416 e. The maximum Gasteiger partial charge on any atom is 0.416 e. The lowest BCUT2D eigenvalue weighted by Crippen LogP contribution is -2.42. The zero-order valence-electron chi connectivity index (χ0n) is 22.1. The second-order valence-corrected chi connectivity index (χ2v) is 11.3. The van der Waals surface area contributed by atoms with Crippen molar-refractivity contribution in [2.24, 2.45) is 5.92 Å². The van der Waals surface area contributed by atoms with Gasteiger partial charge in [-0.15, -0.1) is 0 Å². The second kappa shape index (κ2) is 11.6. The Morgan fingerprint density at radius 1 is 1.00 bits per heavy atom. The second-order valence-electron chi connectivity index (χ2n) is 10.4. The molecule has 2 atom stereocenters. The van der Waals surface area contributed by atoms with E-state index in [0.717, 1.165) is 40.6 Å². The fourth-order valence-corrected chi connectivity index (χ4v) is 5.47. The minimum absolute atomic E-state index is 0.0151. The number of nitrogens with one attached hydrogen (secondary N) is 2. The molecule has 2 unspecified atom stereocenters. The van der Waals surface area contributed by atoms with Crippen LogP contribution in [0, 0.1) is 5.92 Å². The molecular weight excluding hydrogens is 565 g/mol. The topological polar surface area (TPSA) is 104 Å². The van der Waals surface area contributed by atoms with E-state index in [9.17, 15) is 14.7 Å². The van der Waals surface area contributed by atoms with Crippen LogP contribution in [0.25, 0.3) is 10.9 Å². The average molecular weight is 594 g/mol. The molecule has 0 radical (unpaired) electrons. The Labute approximate surface area is 247 Å². The van der Waals surface area contributed by atoms with E-state index in [-0.39, 0.29) is 25.0 Å². The van der Waals surface area contributed by atoms with E-state index in [0.29, 0.717) is 34.5 Å². The number of aliphatic hydroxyl groups excluding tert-OH is 1. The Kier molecular flexibility index (Phi) is 7.79. The number of halogens is 2. The van der Waals surface area contributed by atoms with Crippen LogP contribution in [0.5, 0.6) is 11.5 Å². The van der Waals surface area contributed by atoms with Crippen LogP contribution in [-0.2, 0) is 11.2 Å². The van der Waals surface area contributed by atoms with Gasteiger partial charge in [-0.25, -0.2) is 4.79 Å². The number of aromatic nitrogens is 1. The van der Waals surface area contributed by atoms with Crippen molar-refractivity contribution >= 4 is 46.1 Å². The van der Waals surface area contributed by atoms with Crippen LogP contribution in [0.3, 0.4) is 0 Å². The lowest BCUT2D eigenvalue weighted by molar-refractivity contribution is -0.122. The van der Waals surface area contributed by atoms with Gasteiger partial charge in [-0.05, 0) is 85.0 Å². The normalized spacial score (nSPS) is 17.1. The molecule has 0 spiro atoms. The van der Waals surface area contributed by atoms with Crippen molar-refractivity contribution in [2.75, 3.05) is 19.7 Å². The number of carbonyl (C=O) groups is 2. The minimum atomic E-state index is -0.824. The fraction of sp³-hybridized carbons (Fsp3) is 0.290. The van der Waals surface area contributed by atoms with Gasteiger partial charge in [0, 0.05) is 45.6 Å². The molecule has 1 aliphatic heterocycles. The standard InChI is InChI=1S/C31H29Cl2N3O5/c32-20-5-10-24(11-6-20)41-31(39)36-14-13-25-26-15-21(33)7-12-27(26)35-28(25)29(36)18-3-8-23(9-4-18)40-17-22(37)16-34-30(38)19-1-2-19/h3-12,15,19,22,29,35,37H,1-2,13-14,16-17H2,(H,34,38). The van der Waals surface area contributed by atoms with E-state index in [2.05, 4.69) is 10.3 Å². The largest absolute Gasteiger partial charge is 0.491 e. The molecule has 1 saturated carbocycles. The molecule has 41 heavy (non-hydrogen) atoms. The number of amides is 2. The van der Waals surface area contributed by atoms with Crippen molar-refractivity contribution in [1.82, 2.24) is 15.2 Å². The number of H-pyrrole nitrogens is 1. The van der Waals surface area contributed by atoms with Gasteiger partial charge in [0.25, 0.3) is 0 Å². The van der Waals surface area contributed by atoms with Crippen LogP contribution in [-0.4, -0.2) is 52.8 Å². The van der Waals surface area contributed by atoms with Gasteiger partial charge >= 0.3 is 6.09 Å². The van der Waals surface area contributed by atoms with Gasteiger partial charge in [-0.2, -0.15) is 0 Å². The maximum absolute atomic E-state index is 13.5. The van der Waals surface area contributed by atoms with Crippen molar-refractivity contribution in [1.29, 1.82) is 0 Å². The van der Waals surface area contributed by atoms with Gasteiger partial charge in [-0.3, -0.25) is 9.69 Å². The van der Waals surface area contributed by atoms with Crippen molar-refractivity contribution in [3.05, 3.63) is 93.6 Å². The molecule has 2 aliphatic rings. The number of fused-ring (bicyclic) bond motifs is 3. The Morgan fingerprint density at radius 2 is 1.71 bits per heavy atom. The molecule has 10 heteroatoms. The highest BCUT2D eigenvalue weighted by Gasteiger charge is 2.36. The molecule has 2 amide bonds. The summed E-state index contributed by atoms with van der Waals surface area (Å²) in [6.45, 7) is 0.633. The number of benzene rings is 3. The van der Waals surface area contributed by atoms with E-state index in [1.54, 1.807) is 41.3 Å². The average Bonchev–Trinajstić information content (AvgIpc) is 3.77.